The Labute approximate surface area is 104 Å². The molecule has 0 aromatic carbocycles. The quantitative estimate of drug-likeness (QED) is 0.369. The molecular formula is C11H26MgSi. The third kappa shape index (κ3) is 43.7. The molecule has 0 N–H and O–H groups in total. The van der Waals surface area contributed by atoms with Crippen LogP contribution in [0.2, 0.25) is 13.1 Å². The van der Waals surface area contributed by atoms with Crippen LogP contribution in [-0.4, -0.2) is 31.8 Å². The molecule has 0 saturated carbocycles. The van der Waals surface area contributed by atoms with Gasteiger partial charge in [0.1, 0.15) is 0 Å². The van der Waals surface area contributed by atoms with Crippen LogP contribution >= 0.6 is 0 Å². The molecule has 0 saturated heterocycles. The minimum Gasteiger partial charge on any atom is -0.345 e. The van der Waals surface area contributed by atoms with Crippen molar-refractivity contribution in [2.45, 2.75) is 58.5 Å². The summed E-state index contributed by atoms with van der Waals surface area (Å²) in [5, 5.41) is 0. The first-order chi connectivity index (χ1) is 5.65. The fourth-order valence-corrected chi connectivity index (χ4v) is 0.780. The summed E-state index contributed by atoms with van der Waals surface area (Å²) in [7, 11) is -0.389. The van der Waals surface area contributed by atoms with E-state index in [-0.39, 0.29) is 31.8 Å². The van der Waals surface area contributed by atoms with Gasteiger partial charge in [0, 0.05) is 0 Å². The fraction of sp³-hybridized carbons (Fsp3) is 0.818. The van der Waals surface area contributed by atoms with E-state index in [2.05, 4.69) is 33.5 Å². The molecule has 0 aliphatic rings. The molecule has 0 nitrogen and oxygen atoms in total. The van der Waals surface area contributed by atoms with Crippen LogP contribution in [0, 0.1) is 13.5 Å². The van der Waals surface area contributed by atoms with E-state index >= 15 is 0 Å². The SMILES string of the molecule is [CH2-]CCCCCCC.[CH2-][SiH](C)C.[Mg+2]. The maximum absolute atomic E-state index is 3.78. The molecule has 76 valence electrons. The molecule has 2 heteroatoms. The van der Waals surface area contributed by atoms with E-state index < -0.39 is 0 Å². The topological polar surface area (TPSA) is 0 Å². The van der Waals surface area contributed by atoms with E-state index in [1.807, 2.05) is 0 Å². The molecule has 0 fully saturated rings. The van der Waals surface area contributed by atoms with E-state index in [1.54, 1.807) is 0 Å². The Hall–Kier alpha value is 0.983. The van der Waals surface area contributed by atoms with Gasteiger partial charge in [-0.2, -0.15) is 6.42 Å². The molecule has 0 atom stereocenters. The molecule has 0 aliphatic heterocycles. The van der Waals surface area contributed by atoms with Gasteiger partial charge in [-0.3, -0.25) is 0 Å². The monoisotopic (exact) mass is 210 g/mol. The molecule has 0 unspecified atom stereocenters. The third-order valence-corrected chi connectivity index (χ3v) is 1.35. The summed E-state index contributed by atoms with van der Waals surface area (Å²) in [6.07, 6.45) is 7.98. The van der Waals surface area contributed by atoms with E-state index in [4.69, 9.17) is 0 Å². The van der Waals surface area contributed by atoms with Crippen LogP contribution in [0.15, 0.2) is 0 Å². The Morgan fingerprint density at radius 1 is 1.00 bits per heavy atom. The summed E-state index contributed by atoms with van der Waals surface area (Å²) in [4.78, 5) is 0. The Balaban J connectivity index is -0.000000173. The largest absolute Gasteiger partial charge is 2.00 e. The normalized spacial score (nSPS) is 8.77. The Bertz CT molecular complexity index is 56.4. The molecule has 0 radical (unpaired) electrons. The number of rotatable bonds is 5. The van der Waals surface area contributed by atoms with Crippen molar-refractivity contribution < 1.29 is 0 Å². The summed E-state index contributed by atoms with van der Waals surface area (Å²) in [5.41, 5.74) is 0. The minimum atomic E-state index is -0.389. The zero-order valence-electron chi connectivity index (χ0n) is 9.94. The van der Waals surface area contributed by atoms with Crippen LogP contribution in [-0.2, 0) is 0 Å². The van der Waals surface area contributed by atoms with Crippen molar-refractivity contribution in [1.29, 1.82) is 0 Å². The first-order valence-corrected chi connectivity index (χ1v) is 8.40. The first-order valence-electron chi connectivity index (χ1n) is 5.27. The van der Waals surface area contributed by atoms with Gasteiger partial charge in [0.05, 0.1) is 0 Å². The van der Waals surface area contributed by atoms with Crippen LogP contribution in [0.5, 0.6) is 0 Å². The maximum atomic E-state index is 3.78. The first kappa shape index (κ1) is 19.5. The van der Waals surface area contributed by atoms with E-state index in [1.165, 1.54) is 32.1 Å². The summed E-state index contributed by atoms with van der Waals surface area (Å²) in [6, 6.07) is 0. The van der Waals surface area contributed by atoms with Crippen molar-refractivity contribution in [1.82, 2.24) is 0 Å². The summed E-state index contributed by atoms with van der Waals surface area (Å²) >= 11 is 0. The van der Waals surface area contributed by atoms with Crippen LogP contribution in [0.4, 0.5) is 0 Å². The van der Waals surface area contributed by atoms with Gasteiger partial charge in [-0.1, -0.05) is 52.1 Å². The van der Waals surface area contributed by atoms with Crippen LogP contribution < -0.4 is 0 Å². The molecular weight excluding hydrogens is 185 g/mol. The predicted molar refractivity (Wildman–Crippen MR) is 68.7 cm³/mol. The zero-order chi connectivity index (χ0) is 9.82. The van der Waals surface area contributed by atoms with Gasteiger partial charge in [-0.15, -0.1) is 8.80 Å². The van der Waals surface area contributed by atoms with Gasteiger partial charge in [-0.25, -0.2) is 0 Å². The summed E-state index contributed by atoms with van der Waals surface area (Å²) < 4.78 is 0. The van der Waals surface area contributed by atoms with Crippen molar-refractivity contribution in [3.05, 3.63) is 13.5 Å². The number of unbranched alkanes of at least 4 members (excludes halogenated alkanes) is 5. The van der Waals surface area contributed by atoms with Crippen molar-refractivity contribution in [2.24, 2.45) is 0 Å². The molecule has 0 heterocycles. The second-order valence-electron chi connectivity index (χ2n) is 3.66. The van der Waals surface area contributed by atoms with Gasteiger partial charge >= 0.3 is 23.1 Å². The van der Waals surface area contributed by atoms with Crippen molar-refractivity contribution in [2.75, 3.05) is 0 Å². The third-order valence-electron chi connectivity index (χ3n) is 1.35. The van der Waals surface area contributed by atoms with Gasteiger partial charge in [-0.05, 0) is 0 Å². The van der Waals surface area contributed by atoms with Crippen molar-refractivity contribution in [3.63, 3.8) is 0 Å². The van der Waals surface area contributed by atoms with E-state index in [0.29, 0.717) is 0 Å². The molecule has 0 aromatic heterocycles. The van der Waals surface area contributed by atoms with E-state index in [0.717, 1.165) is 6.42 Å². The molecule has 13 heavy (non-hydrogen) atoms. The van der Waals surface area contributed by atoms with Crippen LogP contribution in [0.3, 0.4) is 0 Å². The number of hydrogen-bond donors (Lipinski definition) is 0. The molecule has 0 amide bonds. The second kappa shape index (κ2) is 18.7. The summed E-state index contributed by atoms with van der Waals surface area (Å²) in [5.74, 6) is 0. The average molecular weight is 211 g/mol. The van der Waals surface area contributed by atoms with Gasteiger partial charge in [0.2, 0.25) is 0 Å². The predicted octanol–water partition coefficient (Wildman–Crippen LogP) is 3.65. The fourth-order valence-electron chi connectivity index (χ4n) is 0.780. The van der Waals surface area contributed by atoms with E-state index in [9.17, 15) is 0 Å². The van der Waals surface area contributed by atoms with Gasteiger partial charge in [0.25, 0.3) is 0 Å². The molecule has 0 bridgehead atoms. The summed E-state index contributed by atoms with van der Waals surface area (Å²) in [6.45, 7) is 14.2. The standard InChI is InChI=1S/C8H17.C3H9Si.Mg/c1-3-5-7-8-6-4-2;1-4(2)3;/h1,3-8H2,2H3;4H,1H2,2-3H3;/q2*-1;+2. The second-order valence-corrected chi connectivity index (χ2v) is 6.45. The number of hydrogen-bond acceptors (Lipinski definition) is 0. The zero-order valence-corrected chi connectivity index (χ0v) is 12.5. The Kier molecular flexibility index (Phi) is 28.1. The smallest absolute Gasteiger partial charge is 0.345 e. The van der Waals surface area contributed by atoms with Crippen LogP contribution in [0.1, 0.15) is 45.4 Å². The molecule has 0 rings (SSSR count). The van der Waals surface area contributed by atoms with Gasteiger partial charge < -0.3 is 13.5 Å². The van der Waals surface area contributed by atoms with Crippen molar-refractivity contribution in [3.8, 4) is 0 Å². The molecule has 0 spiro atoms. The van der Waals surface area contributed by atoms with Crippen molar-refractivity contribution >= 4 is 31.8 Å². The van der Waals surface area contributed by atoms with Gasteiger partial charge in [0.15, 0.2) is 0 Å². The molecule has 0 aromatic rings. The van der Waals surface area contributed by atoms with Crippen LogP contribution in [0.25, 0.3) is 0 Å². The minimum absolute atomic E-state index is 0. The average Bonchev–Trinajstić information content (AvgIpc) is 1.97. The maximum Gasteiger partial charge on any atom is 2.00 e. The molecule has 0 aliphatic carbocycles. The Morgan fingerprint density at radius 2 is 1.38 bits per heavy atom. The Morgan fingerprint density at radius 3 is 1.69 bits per heavy atom.